The minimum absolute atomic E-state index is 0.00817. The second-order valence-corrected chi connectivity index (χ2v) is 4.64. The van der Waals surface area contributed by atoms with Gasteiger partial charge in [0.05, 0.1) is 12.2 Å². The van der Waals surface area contributed by atoms with Gasteiger partial charge in [0, 0.05) is 20.2 Å². The Hall–Kier alpha value is -1.67. The lowest BCUT2D eigenvalue weighted by molar-refractivity contribution is 0.121. The number of hydrogen-bond donors (Lipinski definition) is 2. The van der Waals surface area contributed by atoms with E-state index in [-0.39, 0.29) is 18.2 Å². The maximum Gasteiger partial charge on any atom is 0.323 e. The van der Waals surface area contributed by atoms with E-state index in [0.717, 1.165) is 19.5 Å². The van der Waals surface area contributed by atoms with Gasteiger partial charge in [0.2, 0.25) is 11.9 Å². The van der Waals surface area contributed by atoms with Crippen molar-refractivity contribution in [1.82, 2.24) is 15.0 Å². The van der Waals surface area contributed by atoms with E-state index in [4.69, 9.17) is 15.3 Å². The van der Waals surface area contributed by atoms with E-state index in [1.54, 1.807) is 7.11 Å². The Morgan fingerprint density at radius 2 is 2.16 bits per heavy atom. The minimum atomic E-state index is -0.00817. The minimum Gasteiger partial charge on any atom is -0.461 e. The van der Waals surface area contributed by atoms with E-state index in [1.807, 2.05) is 18.7 Å². The van der Waals surface area contributed by atoms with Gasteiger partial charge in [-0.25, -0.2) is 5.84 Å². The van der Waals surface area contributed by atoms with E-state index >= 15 is 0 Å². The molecule has 0 saturated carbocycles. The second kappa shape index (κ2) is 5.98. The lowest BCUT2D eigenvalue weighted by Crippen LogP contribution is -2.26. The van der Waals surface area contributed by atoms with Crippen LogP contribution in [0.3, 0.4) is 0 Å². The SMILES string of the molecule is COC1CCN(c2nc(NN)nc(OC(C)C)n2)C1. The monoisotopic (exact) mass is 268 g/mol. The van der Waals surface area contributed by atoms with E-state index in [2.05, 4.69) is 20.4 Å². The average Bonchev–Trinajstić information content (AvgIpc) is 2.86. The molecular weight excluding hydrogens is 248 g/mol. The highest BCUT2D eigenvalue weighted by atomic mass is 16.5. The first-order valence-corrected chi connectivity index (χ1v) is 6.29. The van der Waals surface area contributed by atoms with Gasteiger partial charge in [-0.1, -0.05) is 0 Å². The van der Waals surface area contributed by atoms with Gasteiger partial charge >= 0.3 is 6.01 Å². The zero-order valence-corrected chi connectivity index (χ0v) is 11.5. The Bertz CT molecular complexity index is 428. The van der Waals surface area contributed by atoms with Crippen molar-refractivity contribution in [3.8, 4) is 6.01 Å². The topological polar surface area (TPSA) is 98.4 Å². The Morgan fingerprint density at radius 3 is 2.74 bits per heavy atom. The molecule has 1 atom stereocenters. The van der Waals surface area contributed by atoms with Crippen molar-refractivity contribution in [2.45, 2.75) is 32.5 Å². The van der Waals surface area contributed by atoms with Crippen molar-refractivity contribution in [2.75, 3.05) is 30.5 Å². The molecule has 1 aromatic heterocycles. The summed E-state index contributed by atoms with van der Waals surface area (Å²) < 4.78 is 10.8. The van der Waals surface area contributed by atoms with Crippen molar-refractivity contribution >= 4 is 11.9 Å². The van der Waals surface area contributed by atoms with Crippen LogP contribution in [0, 0.1) is 0 Å². The molecule has 0 radical (unpaired) electrons. The van der Waals surface area contributed by atoms with Gasteiger partial charge in [-0.15, -0.1) is 0 Å². The van der Waals surface area contributed by atoms with Gasteiger partial charge in [-0.05, 0) is 20.3 Å². The van der Waals surface area contributed by atoms with Crippen LogP contribution in [0.5, 0.6) is 6.01 Å². The fraction of sp³-hybridized carbons (Fsp3) is 0.727. The molecule has 1 fully saturated rings. The second-order valence-electron chi connectivity index (χ2n) is 4.64. The molecule has 1 aliphatic heterocycles. The summed E-state index contributed by atoms with van der Waals surface area (Å²) in [4.78, 5) is 14.6. The zero-order chi connectivity index (χ0) is 13.8. The quantitative estimate of drug-likeness (QED) is 0.576. The van der Waals surface area contributed by atoms with Crippen molar-refractivity contribution < 1.29 is 9.47 Å². The molecule has 1 aromatic rings. The van der Waals surface area contributed by atoms with E-state index in [9.17, 15) is 0 Å². The largest absolute Gasteiger partial charge is 0.461 e. The zero-order valence-electron chi connectivity index (χ0n) is 11.5. The van der Waals surface area contributed by atoms with Crippen molar-refractivity contribution in [3.05, 3.63) is 0 Å². The molecule has 3 N–H and O–H groups in total. The van der Waals surface area contributed by atoms with Crippen LogP contribution in [-0.2, 0) is 4.74 Å². The molecule has 19 heavy (non-hydrogen) atoms. The maximum absolute atomic E-state index is 5.49. The fourth-order valence-electron chi connectivity index (χ4n) is 1.92. The molecule has 0 aromatic carbocycles. The van der Waals surface area contributed by atoms with E-state index in [0.29, 0.717) is 11.9 Å². The van der Waals surface area contributed by atoms with Crippen LogP contribution in [0.2, 0.25) is 0 Å². The highest BCUT2D eigenvalue weighted by molar-refractivity contribution is 5.39. The van der Waals surface area contributed by atoms with E-state index in [1.165, 1.54) is 0 Å². The lowest BCUT2D eigenvalue weighted by atomic mass is 10.3. The number of rotatable bonds is 5. The maximum atomic E-state index is 5.49. The predicted molar refractivity (Wildman–Crippen MR) is 71.0 cm³/mol. The first kappa shape index (κ1) is 13.8. The number of nitrogens with two attached hydrogens (primary N) is 1. The Labute approximate surface area is 112 Å². The highest BCUT2D eigenvalue weighted by Gasteiger charge is 2.25. The number of nitrogen functional groups attached to an aromatic ring is 1. The van der Waals surface area contributed by atoms with Gasteiger partial charge in [0.15, 0.2) is 0 Å². The molecule has 1 aliphatic rings. The van der Waals surface area contributed by atoms with Gasteiger partial charge in [0.1, 0.15) is 0 Å². The molecule has 1 unspecified atom stereocenters. The third-order valence-corrected chi connectivity index (χ3v) is 2.83. The summed E-state index contributed by atoms with van der Waals surface area (Å²) in [6, 6.07) is 0.272. The molecule has 0 spiro atoms. The molecule has 0 amide bonds. The number of nitrogens with one attached hydrogen (secondary N) is 1. The smallest absolute Gasteiger partial charge is 0.323 e. The van der Waals surface area contributed by atoms with Crippen LogP contribution in [0.4, 0.5) is 11.9 Å². The molecule has 2 rings (SSSR count). The Kier molecular flexibility index (Phi) is 4.33. The standard InChI is InChI=1S/C11H20N6O2/c1-7(2)19-11-14-9(16-12)13-10(15-11)17-5-4-8(6-17)18-3/h7-8H,4-6,12H2,1-3H3,(H,13,14,15,16). The average molecular weight is 268 g/mol. The molecule has 2 heterocycles. The fourth-order valence-corrected chi connectivity index (χ4v) is 1.92. The van der Waals surface area contributed by atoms with Crippen LogP contribution in [0.25, 0.3) is 0 Å². The number of hydrogen-bond acceptors (Lipinski definition) is 8. The third kappa shape index (κ3) is 3.42. The number of nitrogens with zero attached hydrogens (tertiary/aromatic N) is 4. The van der Waals surface area contributed by atoms with Crippen molar-refractivity contribution in [2.24, 2.45) is 5.84 Å². The summed E-state index contributed by atoms with van der Waals surface area (Å²) in [5.74, 6) is 6.22. The summed E-state index contributed by atoms with van der Waals surface area (Å²) >= 11 is 0. The molecule has 8 heteroatoms. The normalized spacial score (nSPS) is 19.0. The first-order chi connectivity index (χ1) is 9.12. The van der Waals surface area contributed by atoms with Crippen LogP contribution in [0.1, 0.15) is 20.3 Å². The molecule has 8 nitrogen and oxygen atoms in total. The highest BCUT2D eigenvalue weighted by Crippen LogP contribution is 2.21. The van der Waals surface area contributed by atoms with E-state index < -0.39 is 0 Å². The summed E-state index contributed by atoms with van der Waals surface area (Å²) in [6.45, 7) is 5.42. The lowest BCUT2D eigenvalue weighted by Gasteiger charge is -2.17. The number of hydrazine groups is 1. The van der Waals surface area contributed by atoms with Gasteiger partial charge < -0.3 is 14.4 Å². The Balaban J connectivity index is 2.19. The molecule has 1 saturated heterocycles. The summed E-state index contributed by atoms with van der Waals surface area (Å²) in [5.41, 5.74) is 2.43. The predicted octanol–water partition coefficient (Wildman–Crippen LogP) is 0.169. The van der Waals surface area contributed by atoms with Crippen LogP contribution >= 0.6 is 0 Å². The molecule has 106 valence electrons. The van der Waals surface area contributed by atoms with Gasteiger partial charge in [-0.2, -0.15) is 15.0 Å². The molecule has 0 aliphatic carbocycles. The van der Waals surface area contributed by atoms with Crippen LogP contribution in [-0.4, -0.2) is 47.4 Å². The van der Waals surface area contributed by atoms with Crippen LogP contribution in [0.15, 0.2) is 0 Å². The number of aromatic nitrogens is 3. The van der Waals surface area contributed by atoms with Gasteiger partial charge in [-0.3, -0.25) is 5.43 Å². The molecular formula is C11H20N6O2. The summed E-state index contributed by atoms with van der Waals surface area (Å²) in [7, 11) is 1.71. The summed E-state index contributed by atoms with van der Waals surface area (Å²) in [6.07, 6.45) is 1.15. The third-order valence-electron chi connectivity index (χ3n) is 2.83. The summed E-state index contributed by atoms with van der Waals surface area (Å²) in [5, 5.41) is 0. The number of ether oxygens (including phenoxy) is 2. The van der Waals surface area contributed by atoms with Crippen molar-refractivity contribution in [1.29, 1.82) is 0 Å². The van der Waals surface area contributed by atoms with Crippen LogP contribution < -0.4 is 20.9 Å². The van der Waals surface area contributed by atoms with Crippen molar-refractivity contribution in [3.63, 3.8) is 0 Å². The first-order valence-electron chi connectivity index (χ1n) is 6.29. The van der Waals surface area contributed by atoms with Gasteiger partial charge in [0.25, 0.3) is 0 Å². The number of anilines is 2. The molecule has 0 bridgehead atoms. The number of methoxy groups -OCH3 is 1. The Morgan fingerprint density at radius 1 is 1.37 bits per heavy atom.